The van der Waals surface area contributed by atoms with E-state index in [2.05, 4.69) is 0 Å². The van der Waals surface area contributed by atoms with Crippen LogP contribution in [-0.4, -0.2) is 42.1 Å². The summed E-state index contributed by atoms with van der Waals surface area (Å²) in [5.41, 5.74) is 1.70. The second-order valence-electron chi connectivity index (χ2n) is 3.65. The van der Waals surface area contributed by atoms with Gasteiger partial charge in [-0.1, -0.05) is 12.1 Å². The lowest BCUT2D eigenvalue weighted by Gasteiger charge is -2.13. The van der Waals surface area contributed by atoms with Crippen molar-refractivity contribution in [2.45, 2.75) is 6.92 Å². The third-order valence-corrected chi connectivity index (χ3v) is 2.19. The van der Waals surface area contributed by atoms with Crippen molar-refractivity contribution >= 4 is 18.5 Å². The molecule has 4 nitrogen and oxygen atoms in total. The van der Waals surface area contributed by atoms with Gasteiger partial charge >= 0.3 is 7.12 Å². The smallest absolute Gasteiger partial charge is 0.423 e. The molecule has 0 atom stereocenters. The van der Waals surface area contributed by atoms with Crippen molar-refractivity contribution < 1.29 is 14.8 Å². The van der Waals surface area contributed by atoms with E-state index in [1.807, 2.05) is 0 Å². The largest absolute Gasteiger partial charge is 0.488 e. The zero-order chi connectivity index (χ0) is 11.6. The van der Waals surface area contributed by atoms with E-state index in [-0.39, 0.29) is 5.91 Å². The average Bonchev–Trinajstić information content (AvgIpc) is 2.16. The molecule has 1 amide bonds. The molecule has 1 aromatic carbocycles. The lowest BCUT2D eigenvalue weighted by Crippen LogP contribution is -2.31. The normalized spacial score (nSPS) is 9.93. The van der Waals surface area contributed by atoms with Crippen LogP contribution in [-0.2, 0) is 0 Å². The van der Waals surface area contributed by atoms with Gasteiger partial charge < -0.3 is 14.9 Å². The number of benzene rings is 1. The standard InChI is InChI=1S/C10H14BNO3/c1-7-6-8(11(14)15)4-5-9(7)10(13)12(2)3/h4-6,14-15H,1-3H3. The summed E-state index contributed by atoms with van der Waals surface area (Å²) in [7, 11) is 1.86. The number of carbonyl (C=O) groups is 1. The predicted octanol–water partition coefficient (Wildman–Crippen LogP) is -0.623. The summed E-state index contributed by atoms with van der Waals surface area (Å²) in [5.74, 6) is -0.0912. The van der Waals surface area contributed by atoms with Gasteiger partial charge in [-0.25, -0.2) is 0 Å². The van der Waals surface area contributed by atoms with E-state index >= 15 is 0 Å². The fourth-order valence-corrected chi connectivity index (χ4v) is 1.33. The highest BCUT2D eigenvalue weighted by Gasteiger charge is 2.15. The highest BCUT2D eigenvalue weighted by atomic mass is 16.4. The van der Waals surface area contributed by atoms with Crippen LogP contribution in [0.3, 0.4) is 0 Å². The van der Waals surface area contributed by atoms with Gasteiger partial charge in [0.1, 0.15) is 0 Å². The third-order valence-electron chi connectivity index (χ3n) is 2.19. The van der Waals surface area contributed by atoms with E-state index in [0.29, 0.717) is 11.0 Å². The summed E-state index contributed by atoms with van der Waals surface area (Å²) in [5, 5.41) is 17.9. The Morgan fingerprint density at radius 1 is 1.33 bits per heavy atom. The fourth-order valence-electron chi connectivity index (χ4n) is 1.33. The van der Waals surface area contributed by atoms with Crippen LogP contribution >= 0.6 is 0 Å². The van der Waals surface area contributed by atoms with Crippen LogP contribution in [0.1, 0.15) is 15.9 Å². The molecule has 1 rings (SSSR count). The molecule has 0 heterocycles. The Bertz CT molecular complexity index is 377. The second-order valence-corrected chi connectivity index (χ2v) is 3.65. The van der Waals surface area contributed by atoms with E-state index in [4.69, 9.17) is 10.0 Å². The maximum absolute atomic E-state index is 11.6. The maximum Gasteiger partial charge on any atom is 0.488 e. The first-order valence-corrected chi connectivity index (χ1v) is 4.62. The topological polar surface area (TPSA) is 60.8 Å². The Hall–Kier alpha value is -1.33. The molecule has 0 radical (unpaired) electrons. The first kappa shape index (κ1) is 11.7. The zero-order valence-electron chi connectivity index (χ0n) is 9.06. The molecule has 15 heavy (non-hydrogen) atoms. The van der Waals surface area contributed by atoms with E-state index in [1.165, 1.54) is 11.0 Å². The first-order chi connectivity index (χ1) is 6.93. The lowest BCUT2D eigenvalue weighted by molar-refractivity contribution is 0.0827. The van der Waals surface area contributed by atoms with Crippen molar-refractivity contribution in [1.29, 1.82) is 0 Å². The van der Waals surface area contributed by atoms with Gasteiger partial charge in [-0.15, -0.1) is 0 Å². The first-order valence-electron chi connectivity index (χ1n) is 4.62. The average molecular weight is 207 g/mol. The number of carbonyl (C=O) groups excluding carboxylic acids is 1. The van der Waals surface area contributed by atoms with E-state index in [1.54, 1.807) is 33.2 Å². The Kier molecular flexibility index (Phi) is 3.50. The molecule has 0 bridgehead atoms. The van der Waals surface area contributed by atoms with Crippen LogP contribution < -0.4 is 5.46 Å². The van der Waals surface area contributed by atoms with Gasteiger partial charge in [-0.3, -0.25) is 4.79 Å². The molecule has 2 N–H and O–H groups in total. The molecule has 0 saturated heterocycles. The fraction of sp³-hybridized carbons (Fsp3) is 0.300. The molecule has 0 aliphatic heterocycles. The Balaban J connectivity index is 3.08. The molecule has 0 aromatic heterocycles. The molecule has 0 aliphatic rings. The van der Waals surface area contributed by atoms with Gasteiger partial charge in [-0.2, -0.15) is 0 Å². The van der Waals surface area contributed by atoms with Crippen molar-refractivity contribution in [1.82, 2.24) is 4.90 Å². The third kappa shape index (κ3) is 2.58. The Labute approximate surface area is 89.3 Å². The van der Waals surface area contributed by atoms with E-state index in [0.717, 1.165) is 5.56 Å². The summed E-state index contributed by atoms with van der Waals surface area (Å²) >= 11 is 0. The number of amides is 1. The van der Waals surface area contributed by atoms with Crippen LogP contribution in [0.2, 0.25) is 0 Å². The number of aryl methyl sites for hydroxylation is 1. The lowest BCUT2D eigenvalue weighted by atomic mass is 9.79. The van der Waals surface area contributed by atoms with Crippen molar-refractivity contribution in [3.8, 4) is 0 Å². The molecular formula is C10H14BNO3. The Morgan fingerprint density at radius 3 is 2.33 bits per heavy atom. The molecule has 80 valence electrons. The van der Waals surface area contributed by atoms with Crippen molar-refractivity contribution in [3.63, 3.8) is 0 Å². The van der Waals surface area contributed by atoms with E-state index in [9.17, 15) is 4.79 Å². The zero-order valence-corrected chi connectivity index (χ0v) is 9.06. The second kappa shape index (κ2) is 4.46. The summed E-state index contributed by atoms with van der Waals surface area (Å²) in [6.07, 6.45) is 0. The molecule has 5 heteroatoms. The predicted molar refractivity (Wildman–Crippen MR) is 59.0 cm³/mol. The van der Waals surface area contributed by atoms with Gasteiger partial charge in [0.15, 0.2) is 0 Å². The van der Waals surface area contributed by atoms with Crippen LogP contribution in [0.5, 0.6) is 0 Å². The van der Waals surface area contributed by atoms with Gasteiger partial charge in [-0.05, 0) is 24.0 Å². The van der Waals surface area contributed by atoms with Crippen molar-refractivity contribution in [2.24, 2.45) is 0 Å². The molecule has 1 aromatic rings. The minimum atomic E-state index is -1.49. The van der Waals surface area contributed by atoms with Gasteiger partial charge in [0, 0.05) is 19.7 Å². The number of hydrogen-bond donors (Lipinski definition) is 2. The van der Waals surface area contributed by atoms with Gasteiger partial charge in [0.05, 0.1) is 0 Å². The summed E-state index contributed by atoms with van der Waals surface area (Å²) in [4.78, 5) is 13.1. The van der Waals surface area contributed by atoms with Crippen LogP contribution in [0.4, 0.5) is 0 Å². The van der Waals surface area contributed by atoms with Gasteiger partial charge in [0.25, 0.3) is 5.91 Å². The number of hydrogen-bond acceptors (Lipinski definition) is 3. The maximum atomic E-state index is 11.6. The Morgan fingerprint density at radius 2 is 1.93 bits per heavy atom. The summed E-state index contributed by atoms with van der Waals surface area (Å²) in [6.45, 7) is 1.77. The summed E-state index contributed by atoms with van der Waals surface area (Å²) < 4.78 is 0. The summed E-state index contributed by atoms with van der Waals surface area (Å²) in [6, 6.07) is 4.74. The minimum absolute atomic E-state index is 0.0912. The van der Waals surface area contributed by atoms with Gasteiger partial charge in [0.2, 0.25) is 0 Å². The highest BCUT2D eigenvalue weighted by molar-refractivity contribution is 6.58. The van der Waals surface area contributed by atoms with Crippen LogP contribution in [0.25, 0.3) is 0 Å². The van der Waals surface area contributed by atoms with Crippen molar-refractivity contribution in [3.05, 3.63) is 29.3 Å². The molecule has 0 unspecified atom stereocenters. The quantitative estimate of drug-likeness (QED) is 0.635. The monoisotopic (exact) mass is 207 g/mol. The van der Waals surface area contributed by atoms with E-state index < -0.39 is 7.12 Å². The molecular weight excluding hydrogens is 193 g/mol. The highest BCUT2D eigenvalue weighted by Crippen LogP contribution is 2.07. The molecule has 0 saturated carbocycles. The van der Waals surface area contributed by atoms with Crippen molar-refractivity contribution in [2.75, 3.05) is 14.1 Å². The molecule has 0 aliphatic carbocycles. The number of nitrogens with zero attached hydrogens (tertiary/aromatic N) is 1. The minimum Gasteiger partial charge on any atom is -0.423 e. The van der Waals surface area contributed by atoms with Crippen LogP contribution in [0.15, 0.2) is 18.2 Å². The molecule has 0 spiro atoms. The molecule has 0 fully saturated rings. The number of rotatable bonds is 2. The SMILES string of the molecule is Cc1cc(B(O)O)ccc1C(=O)N(C)C. The van der Waals surface area contributed by atoms with Crippen LogP contribution in [0, 0.1) is 6.92 Å².